The highest BCUT2D eigenvalue weighted by molar-refractivity contribution is 5.40. The molecule has 1 aliphatic rings. The van der Waals surface area contributed by atoms with E-state index in [9.17, 15) is 5.11 Å². The normalized spacial score (nSPS) is 23.4. The van der Waals surface area contributed by atoms with Crippen molar-refractivity contribution in [2.75, 3.05) is 0 Å². The first-order valence-corrected chi connectivity index (χ1v) is 6.50. The average molecular weight is 242 g/mol. The van der Waals surface area contributed by atoms with Crippen LogP contribution in [0.5, 0.6) is 0 Å². The van der Waals surface area contributed by atoms with Gasteiger partial charge in [0.25, 0.3) is 0 Å². The standard InChI is InChI=1S/C15H18N2O/c1-17-11-13(10-16-17)15(18)9-5-4-7-12-6-2-3-8-14(12)15/h2-3,6,8,10-11,18H,4-5,7,9H2,1H3. The first-order chi connectivity index (χ1) is 8.70. The highest BCUT2D eigenvalue weighted by Crippen LogP contribution is 2.39. The van der Waals surface area contributed by atoms with Crippen molar-refractivity contribution in [2.24, 2.45) is 7.05 Å². The predicted octanol–water partition coefficient (Wildman–Crippen LogP) is 2.38. The van der Waals surface area contributed by atoms with Crippen molar-refractivity contribution in [3.63, 3.8) is 0 Å². The molecule has 0 bridgehead atoms. The minimum atomic E-state index is -0.874. The van der Waals surface area contributed by atoms with Crippen LogP contribution in [0.4, 0.5) is 0 Å². The van der Waals surface area contributed by atoms with E-state index in [1.54, 1.807) is 10.9 Å². The third kappa shape index (κ3) is 1.75. The van der Waals surface area contributed by atoms with Crippen molar-refractivity contribution in [2.45, 2.75) is 31.3 Å². The molecule has 18 heavy (non-hydrogen) atoms. The van der Waals surface area contributed by atoms with Gasteiger partial charge in [-0.3, -0.25) is 4.68 Å². The monoisotopic (exact) mass is 242 g/mol. The van der Waals surface area contributed by atoms with Crippen molar-refractivity contribution in [1.29, 1.82) is 0 Å². The van der Waals surface area contributed by atoms with Crippen LogP contribution in [-0.2, 0) is 19.1 Å². The summed E-state index contributed by atoms with van der Waals surface area (Å²) in [6.45, 7) is 0. The zero-order chi connectivity index (χ0) is 12.6. The van der Waals surface area contributed by atoms with Crippen LogP contribution in [-0.4, -0.2) is 14.9 Å². The maximum atomic E-state index is 11.1. The van der Waals surface area contributed by atoms with E-state index in [0.717, 1.165) is 36.8 Å². The molecule has 94 valence electrons. The minimum Gasteiger partial charge on any atom is -0.380 e. The van der Waals surface area contributed by atoms with E-state index in [1.807, 2.05) is 31.4 Å². The van der Waals surface area contributed by atoms with Crippen LogP contribution >= 0.6 is 0 Å². The third-order valence-corrected chi connectivity index (χ3v) is 3.88. The fourth-order valence-electron chi connectivity index (χ4n) is 2.91. The Balaban J connectivity index is 2.16. The number of aromatic nitrogens is 2. The molecular weight excluding hydrogens is 224 g/mol. The minimum absolute atomic E-state index is 0.774. The number of aliphatic hydroxyl groups is 1. The van der Waals surface area contributed by atoms with Crippen LogP contribution in [0.2, 0.25) is 0 Å². The lowest BCUT2D eigenvalue weighted by Crippen LogP contribution is -2.27. The molecule has 3 rings (SSSR count). The van der Waals surface area contributed by atoms with Gasteiger partial charge in [0.05, 0.1) is 6.20 Å². The van der Waals surface area contributed by atoms with Crippen LogP contribution in [0.25, 0.3) is 0 Å². The number of benzene rings is 1. The molecule has 1 heterocycles. The molecule has 0 fully saturated rings. The number of nitrogens with zero attached hydrogens (tertiary/aromatic N) is 2. The highest BCUT2D eigenvalue weighted by Gasteiger charge is 2.35. The Labute approximate surface area is 107 Å². The summed E-state index contributed by atoms with van der Waals surface area (Å²) in [6, 6.07) is 8.23. The molecule has 0 amide bonds. The maximum absolute atomic E-state index is 11.1. The third-order valence-electron chi connectivity index (χ3n) is 3.88. The number of rotatable bonds is 1. The molecule has 1 N–H and O–H groups in total. The number of aryl methyl sites for hydroxylation is 2. The summed E-state index contributed by atoms with van der Waals surface area (Å²) in [7, 11) is 1.88. The van der Waals surface area contributed by atoms with Crippen molar-refractivity contribution in [3.8, 4) is 0 Å². The quantitative estimate of drug-likeness (QED) is 0.780. The molecule has 1 atom stereocenters. The van der Waals surface area contributed by atoms with Gasteiger partial charge in [-0.1, -0.05) is 24.3 Å². The summed E-state index contributed by atoms with van der Waals surface area (Å²) in [5, 5.41) is 15.3. The molecule has 3 nitrogen and oxygen atoms in total. The number of fused-ring (bicyclic) bond motifs is 1. The van der Waals surface area contributed by atoms with E-state index >= 15 is 0 Å². The number of hydrogen-bond donors (Lipinski definition) is 1. The Bertz CT molecular complexity index is 561. The average Bonchev–Trinajstić information content (AvgIpc) is 2.74. The second-order valence-corrected chi connectivity index (χ2v) is 5.13. The van der Waals surface area contributed by atoms with Crippen LogP contribution < -0.4 is 0 Å². The zero-order valence-corrected chi connectivity index (χ0v) is 10.6. The van der Waals surface area contributed by atoms with Crippen LogP contribution in [0.3, 0.4) is 0 Å². The van der Waals surface area contributed by atoms with E-state index in [4.69, 9.17) is 0 Å². The molecule has 1 unspecified atom stereocenters. The summed E-state index contributed by atoms with van der Waals surface area (Å²) in [5.74, 6) is 0. The summed E-state index contributed by atoms with van der Waals surface area (Å²) < 4.78 is 1.75. The van der Waals surface area contributed by atoms with Gasteiger partial charge in [-0.15, -0.1) is 0 Å². The largest absolute Gasteiger partial charge is 0.380 e. The maximum Gasteiger partial charge on any atom is 0.118 e. The Morgan fingerprint density at radius 1 is 1.28 bits per heavy atom. The van der Waals surface area contributed by atoms with Gasteiger partial charge in [0.2, 0.25) is 0 Å². The van der Waals surface area contributed by atoms with Crippen molar-refractivity contribution in [3.05, 3.63) is 53.3 Å². The molecule has 3 heteroatoms. The van der Waals surface area contributed by atoms with Gasteiger partial charge >= 0.3 is 0 Å². The Hall–Kier alpha value is -1.61. The van der Waals surface area contributed by atoms with Crippen LogP contribution in [0, 0.1) is 0 Å². The molecule has 0 saturated heterocycles. The van der Waals surface area contributed by atoms with Gasteiger partial charge < -0.3 is 5.11 Å². The molecule has 2 aromatic rings. The van der Waals surface area contributed by atoms with E-state index in [-0.39, 0.29) is 0 Å². The molecule has 0 aliphatic heterocycles. The van der Waals surface area contributed by atoms with Gasteiger partial charge in [0.1, 0.15) is 5.60 Å². The first-order valence-electron chi connectivity index (χ1n) is 6.50. The molecule has 0 radical (unpaired) electrons. The van der Waals surface area contributed by atoms with E-state index in [1.165, 1.54) is 5.56 Å². The lowest BCUT2D eigenvalue weighted by molar-refractivity contribution is 0.0704. The fraction of sp³-hybridized carbons (Fsp3) is 0.400. The zero-order valence-electron chi connectivity index (χ0n) is 10.6. The molecule has 1 aromatic carbocycles. The van der Waals surface area contributed by atoms with Gasteiger partial charge in [0, 0.05) is 18.8 Å². The smallest absolute Gasteiger partial charge is 0.118 e. The molecule has 1 aromatic heterocycles. The Kier molecular flexibility index (Phi) is 2.71. The predicted molar refractivity (Wildman–Crippen MR) is 70.2 cm³/mol. The van der Waals surface area contributed by atoms with Crippen LogP contribution in [0.1, 0.15) is 36.0 Å². The lowest BCUT2D eigenvalue weighted by atomic mass is 9.83. The van der Waals surface area contributed by atoms with Gasteiger partial charge in [-0.2, -0.15) is 5.10 Å². The molecule has 0 saturated carbocycles. The SMILES string of the molecule is Cn1cc(C2(O)CCCCc3ccccc32)cn1. The summed E-state index contributed by atoms with van der Waals surface area (Å²) >= 11 is 0. The summed E-state index contributed by atoms with van der Waals surface area (Å²) in [6.07, 6.45) is 7.71. The van der Waals surface area contributed by atoms with Crippen molar-refractivity contribution >= 4 is 0 Å². The Morgan fingerprint density at radius 3 is 2.89 bits per heavy atom. The van der Waals surface area contributed by atoms with Crippen molar-refractivity contribution < 1.29 is 5.11 Å². The van der Waals surface area contributed by atoms with Gasteiger partial charge in [-0.25, -0.2) is 0 Å². The van der Waals surface area contributed by atoms with E-state index in [2.05, 4.69) is 11.2 Å². The molecule has 0 spiro atoms. The second-order valence-electron chi connectivity index (χ2n) is 5.13. The molecular formula is C15H18N2O. The second kappa shape index (κ2) is 4.25. The highest BCUT2D eigenvalue weighted by atomic mass is 16.3. The van der Waals surface area contributed by atoms with E-state index in [0.29, 0.717) is 0 Å². The van der Waals surface area contributed by atoms with Gasteiger partial charge in [-0.05, 0) is 36.8 Å². The van der Waals surface area contributed by atoms with Gasteiger partial charge in [0.15, 0.2) is 0 Å². The van der Waals surface area contributed by atoms with Crippen molar-refractivity contribution in [1.82, 2.24) is 9.78 Å². The van der Waals surface area contributed by atoms with Crippen LogP contribution in [0.15, 0.2) is 36.7 Å². The molecule has 1 aliphatic carbocycles. The lowest BCUT2D eigenvalue weighted by Gasteiger charge is -2.27. The Morgan fingerprint density at radius 2 is 2.11 bits per heavy atom. The fourth-order valence-corrected chi connectivity index (χ4v) is 2.91. The topological polar surface area (TPSA) is 38.0 Å². The number of hydrogen-bond acceptors (Lipinski definition) is 2. The van der Waals surface area contributed by atoms with E-state index < -0.39 is 5.60 Å². The summed E-state index contributed by atoms with van der Waals surface area (Å²) in [4.78, 5) is 0. The summed E-state index contributed by atoms with van der Waals surface area (Å²) in [5.41, 5.74) is 2.35. The first kappa shape index (κ1) is 11.5.